The van der Waals surface area contributed by atoms with E-state index in [1.807, 2.05) is 0 Å². The fourth-order valence-corrected chi connectivity index (χ4v) is 3.54. The van der Waals surface area contributed by atoms with E-state index in [1.54, 1.807) is 0 Å². The van der Waals surface area contributed by atoms with Crippen molar-refractivity contribution in [2.45, 2.75) is 79.1 Å². The molecule has 2 atom stereocenters. The van der Waals surface area contributed by atoms with E-state index >= 15 is 0 Å². The quantitative estimate of drug-likeness (QED) is 0.429. The summed E-state index contributed by atoms with van der Waals surface area (Å²) in [5, 5.41) is 0. The number of rotatable bonds is 4. The van der Waals surface area contributed by atoms with Crippen LogP contribution in [0.25, 0.3) is 0 Å². The van der Waals surface area contributed by atoms with Crippen LogP contribution in [0.4, 0.5) is 0 Å². The third-order valence-corrected chi connectivity index (χ3v) is 4.22. The van der Waals surface area contributed by atoms with Crippen LogP contribution in [0.3, 0.4) is 0 Å². The first-order chi connectivity index (χ1) is 7.06. The molecule has 0 heterocycles. The molecule has 0 heteroatoms. The van der Waals surface area contributed by atoms with E-state index in [-0.39, 0.29) is 0 Å². The number of unbranched alkanes of at least 4 members (excludes halogenated alkanes) is 2. The summed E-state index contributed by atoms with van der Waals surface area (Å²) in [5.74, 6) is 1.92. The van der Waals surface area contributed by atoms with Crippen molar-refractivity contribution in [3.05, 3.63) is 0 Å². The molecule has 2 unspecified atom stereocenters. The van der Waals surface area contributed by atoms with Gasteiger partial charge in [0.25, 0.3) is 0 Å². The molecule has 0 radical (unpaired) electrons. The van der Waals surface area contributed by atoms with Gasteiger partial charge in [-0.15, -0.1) is 0 Å². The molecule has 1 saturated carbocycles. The molecule has 0 amide bonds. The van der Waals surface area contributed by atoms with Gasteiger partial charge in [-0.2, -0.15) is 0 Å². The van der Waals surface area contributed by atoms with Crippen molar-refractivity contribution < 1.29 is 0 Å². The molecule has 90 valence electrons. The van der Waals surface area contributed by atoms with Gasteiger partial charge < -0.3 is 0 Å². The normalized spacial score (nSPS) is 37.6. The van der Waals surface area contributed by atoms with Gasteiger partial charge in [-0.05, 0) is 36.5 Å². The Labute approximate surface area is 96.8 Å². The van der Waals surface area contributed by atoms with Crippen molar-refractivity contribution in [1.29, 1.82) is 0 Å². The van der Waals surface area contributed by atoms with Crippen LogP contribution in [-0.4, -0.2) is 0 Å². The summed E-state index contributed by atoms with van der Waals surface area (Å²) >= 11 is 0. The van der Waals surface area contributed by atoms with E-state index in [9.17, 15) is 0 Å². The molecule has 0 aromatic carbocycles. The summed E-state index contributed by atoms with van der Waals surface area (Å²) in [6.07, 6.45) is 11.6. The fraction of sp³-hybridized carbons (Fsp3) is 1.00. The Bertz CT molecular complexity index is 159. The van der Waals surface area contributed by atoms with Crippen molar-refractivity contribution in [3.63, 3.8) is 0 Å². The van der Waals surface area contributed by atoms with E-state index in [2.05, 4.69) is 27.7 Å². The molecule has 0 saturated heterocycles. The first kappa shape index (κ1) is 13.1. The minimum absolute atomic E-state index is 0.657. The van der Waals surface area contributed by atoms with Crippen molar-refractivity contribution in [2.24, 2.45) is 17.3 Å². The maximum atomic E-state index is 2.54. The Balaban J connectivity index is 2.46. The lowest BCUT2D eigenvalue weighted by Crippen LogP contribution is -2.19. The van der Waals surface area contributed by atoms with Crippen molar-refractivity contribution in [1.82, 2.24) is 0 Å². The van der Waals surface area contributed by atoms with E-state index in [1.165, 1.54) is 51.4 Å². The summed E-state index contributed by atoms with van der Waals surface area (Å²) in [4.78, 5) is 0. The topological polar surface area (TPSA) is 0 Å². The van der Waals surface area contributed by atoms with Crippen LogP contribution >= 0.6 is 0 Å². The zero-order chi connectivity index (χ0) is 11.3. The molecule has 0 nitrogen and oxygen atoms in total. The molecule has 15 heavy (non-hydrogen) atoms. The molecule has 1 fully saturated rings. The van der Waals surface area contributed by atoms with Crippen LogP contribution in [0.2, 0.25) is 0 Å². The SMILES string of the molecule is CCCCCC1(C)CC(C)CCC(C)C1. The molecule has 0 aliphatic heterocycles. The van der Waals surface area contributed by atoms with Gasteiger partial charge in [0.15, 0.2) is 0 Å². The molecule has 1 aliphatic carbocycles. The van der Waals surface area contributed by atoms with Crippen LogP contribution in [0.15, 0.2) is 0 Å². The lowest BCUT2D eigenvalue weighted by atomic mass is 9.74. The third-order valence-electron chi connectivity index (χ3n) is 4.22. The van der Waals surface area contributed by atoms with E-state index in [4.69, 9.17) is 0 Å². The fourth-order valence-electron chi connectivity index (χ4n) is 3.54. The summed E-state index contributed by atoms with van der Waals surface area (Å²) in [7, 11) is 0. The minimum atomic E-state index is 0.657. The maximum Gasteiger partial charge on any atom is -0.0321 e. The predicted octanol–water partition coefficient (Wildman–Crippen LogP) is 5.42. The lowest BCUT2D eigenvalue weighted by molar-refractivity contribution is 0.200. The van der Waals surface area contributed by atoms with Crippen molar-refractivity contribution in [2.75, 3.05) is 0 Å². The largest absolute Gasteiger partial charge is 0.0654 e. The predicted molar refractivity (Wildman–Crippen MR) is 69.0 cm³/mol. The smallest absolute Gasteiger partial charge is 0.0321 e. The Hall–Kier alpha value is 0. The van der Waals surface area contributed by atoms with Gasteiger partial charge in [0.2, 0.25) is 0 Å². The van der Waals surface area contributed by atoms with Gasteiger partial charge in [0.05, 0.1) is 0 Å². The highest BCUT2D eigenvalue weighted by Gasteiger charge is 2.30. The second-order valence-corrected chi connectivity index (χ2v) is 6.46. The Morgan fingerprint density at radius 3 is 2.00 bits per heavy atom. The van der Waals surface area contributed by atoms with E-state index in [0.29, 0.717) is 5.41 Å². The standard InChI is InChI=1S/C15H30/c1-5-6-7-10-15(4)11-13(2)8-9-14(3)12-15/h13-14H,5-12H2,1-4H3. The van der Waals surface area contributed by atoms with E-state index in [0.717, 1.165) is 11.8 Å². The highest BCUT2D eigenvalue weighted by Crippen LogP contribution is 2.43. The van der Waals surface area contributed by atoms with Gasteiger partial charge in [0.1, 0.15) is 0 Å². The number of hydrogen-bond acceptors (Lipinski definition) is 0. The average molecular weight is 210 g/mol. The summed E-state index contributed by atoms with van der Waals surface area (Å²) in [5.41, 5.74) is 0.657. The molecule has 0 spiro atoms. The summed E-state index contributed by atoms with van der Waals surface area (Å²) in [6, 6.07) is 0. The van der Waals surface area contributed by atoms with Gasteiger partial charge in [-0.25, -0.2) is 0 Å². The van der Waals surface area contributed by atoms with Gasteiger partial charge in [-0.3, -0.25) is 0 Å². The molecule has 1 rings (SSSR count). The second-order valence-electron chi connectivity index (χ2n) is 6.46. The molecule has 1 aliphatic rings. The highest BCUT2D eigenvalue weighted by atomic mass is 14.4. The summed E-state index contributed by atoms with van der Waals surface area (Å²) < 4.78 is 0. The van der Waals surface area contributed by atoms with E-state index < -0.39 is 0 Å². The van der Waals surface area contributed by atoms with Crippen LogP contribution in [-0.2, 0) is 0 Å². The highest BCUT2D eigenvalue weighted by molar-refractivity contribution is 4.82. The maximum absolute atomic E-state index is 2.54. The Morgan fingerprint density at radius 1 is 1.00 bits per heavy atom. The molecule has 0 N–H and O–H groups in total. The number of hydrogen-bond donors (Lipinski definition) is 0. The van der Waals surface area contributed by atoms with Crippen molar-refractivity contribution >= 4 is 0 Å². The monoisotopic (exact) mass is 210 g/mol. The van der Waals surface area contributed by atoms with Crippen LogP contribution in [0.5, 0.6) is 0 Å². The van der Waals surface area contributed by atoms with Gasteiger partial charge in [0, 0.05) is 0 Å². The Morgan fingerprint density at radius 2 is 1.53 bits per heavy atom. The molecule has 0 aromatic rings. The zero-order valence-corrected chi connectivity index (χ0v) is 11.3. The minimum Gasteiger partial charge on any atom is -0.0654 e. The second kappa shape index (κ2) is 5.92. The zero-order valence-electron chi connectivity index (χ0n) is 11.3. The van der Waals surface area contributed by atoms with Gasteiger partial charge >= 0.3 is 0 Å². The third kappa shape index (κ3) is 4.57. The lowest BCUT2D eigenvalue weighted by Gasteiger charge is -2.31. The van der Waals surface area contributed by atoms with Gasteiger partial charge in [-0.1, -0.05) is 59.8 Å². The molecular formula is C15H30. The van der Waals surface area contributed by atoms with Crippen LogP contribution in [0.1, 0.15) is 79.1 Å². The Kier molecular flexibility index (Phi) is 5.15. The van der Waals surface area contributed by atoms with Crippen LogP contribution in [0, 0.1) is 17.3 Å². The average Bonchev–Trinajstić information content (AvgIpc) is 2.26. The summed E-state index contributed by atoms with van der Waals surface area (Å²) in [6.45, 7) is 9.76. The van der Waals surface area contributed by atoms with Crippen LogP contribution < -0.4 is 0 Å². The first-order valence-electron chi connectivity index (χ1n) is 7.06. The van der Waals surface area contributed by atoms with Crippen molar-refractivity contribution in [3.8, 4) is 0 Å². The molecule has 0 bridgehead atoms. The molecular weight excluding hydrogens is 180 g/mol. The first-order valence-corrected chi connectivity index (χ1v) is 7.06. The molecule has 0 aromatic heterocycles.